The molecule has 1 rings (SSSR count). The van der Waals surface area contributed by atoms with E-state index in [1.54, 1.807) is 22.9 Å². The van der Waals surface area contributed by atoms with Crippen molar-refractivity contribution in [1.29, 1.82) is 5.41 Å². The van der Waals surface area contributed by atoms with Gasteiger partial charge in [0.25, 0.3) is 0 Å². The van der Waals surface area contributed by atoms with Crippen molar-refractivity contribution < 1.29 is 4.79 Å². The van der Waals surface area contributed by atoms with E-state index in [1.165, 1.54) is 0 Å². The fourth-order valence-corrected chi connectivity index (χ4v) is 1.91. The number of carbonyl (C=O) groups is 1. The molecule has 0 fully saturated rings. The van der Waals surface area contributed by atoms with Crippen molar-refractivity contribution in [2.75, 3.05) is 20.1 Å². The Kier molecular flexibility index (Phi) is 5.36. The number of amides is 2. The van der Waals surface area contributed by atoms with E-state index in [4.69, 9.17) is 11.1 Å². The summed E-state index contributed by atoms with van der Waals surface area (Å²) in [5.41, 5.74) is 7.11. The summed E-state index contributed by atoms with van der Waals surface area (Å²) in [7, 11) is 1.78. The highest BCUT2D eigenvalue weighted by Crippen LogP contribution is 2.09. The molecular weight excluding hydrogens is 240 g/mol. The number of nitrogen functional groups attached to an aromatic ring is 1. The van der Waals surface area contributed by atoms with Gasteiger partial charge in [-0.1, -0.05) is 18.2 Å². The third-order valence-corrected chi connectivity index (χ3v) is 3.02. The van der Waals surface area contributed by atoms with Crippen LogP contribution in [0.1, 0.15) is 25.0 Å². The molecule has 104 valence electrons. The Morgan fingerprint density at radius 1 is 1.32 bits per heavy atom. The highest BCUT2D eigenvalue weighted by Gasteiger charge is 2.15. The summed E-state index contributed by atoms with van der Waals surface area (Å²) < 4.78 is 0. The zero-order valence-electron chi connectivity index (χ0n) is 11.8. The van der Waals surface area contributed by atoms with Crippen molar-refractivity contribution in [3.8, 4) is 0 Å². The summed E-state index contributed by atoms with van der Waals surface area (Å²) in [4.78, 5) is 15.6. The molecule has 0 saturated heterocycles. The molecule has 0 aliphatic rings. The van der Waals surface area contributed by atoms with Crippen LogP contribution in [0, 0.1) is 5.41 Å². The Bertz CT molecular complexity index is 455. The number of nitrogens with one attached hydrogen (secondary N) is 1. The molecule has 0 unspecified atom stereocenters. The minimum Gasteiger partial charge on any atom is -0.384 e. The summed E-state index contributed by atoms with van der Waals surface area (Å²) >= 11 is 0. The minimum absolute atomic E-state index is 0.0122. The summed E-state index contributed by atoms with van der Waals surface area (Å²) in [6.45, 7) is 5.84. The van der Waals surface area contributed by atoms with Gasteiger partial charge in [-0.15, -0.1) is 0 Å². The summed E-state index contributed by atoms with van der Waals surface area (Å²) in [6.07, 6.45) is 0. The van der Waals surface area contributed by atoms with Gasteiger partial charge >= 0.3 is 6.03 Å². The van der Waals surface area contributed by atoms with Gasteiger partial charge in [-0.2, -0.15) is 0 Å². The van der Waals surface area contributed by atoms with E-state index >= 15 is 0 Å². The second kappa shape index (κ2) is 6.78. The molecule has 5 heteroatoms. The van der Waals surface area contributed by atoms with Crippen LogP contribution < -0.4 is 5.73 Å². The number of carbonyl (C=O) groups excluding carboxylic acids is 1. The van der Waals surface area contributed by atoms with E-state index in [2.05, 4.69) is 0 Å². The highest BCUT2D eigenvalue weighted by molar-refractivity contribution is 5.95. The van der Waals surface area contributed by atoms with E-state index in [0.717, 1.165) is 5.56 Å². The third kappa shape index (κ3) is 3.98. The topological polar surface area (TPSA) is 73.4 Å². The molecule has 0 radical (unpaired) electrons. The number of rotatable bonds is 5. The first-order valence-corrected chi connectivity index (χ1v) is 6.43. The minimum atomic E-state index is 0.0122. The monoisotopic (exact) mass is 262 g/mol. The molecule has 0 bridgehead atoms. The maximum atomic E-state index is 12.1. The van der Waals surface area contributed by atoms with Crippen LogP contribution in [0.15, 0.2) is 24.3 Å². The fourth-order valence-electron chi connectivity index (χ4n) is 1.91. The van der Waals surface area contributed by atoms with Crippen molar-refractivity contribution >= 4 is 11.9 Å². The number of amidine groups is 1. The first-order valence-electron chi connectivity index (χ1n) is 6.43. The summed E-state index contributed by atoms with van der Waals surface area (Å²) in [6, 6.07) is 7.42. The van der Waals surface area contributed by atoms with Crippen LogP contribution in [0.5, 0.6) is 0 Å². The Morgan fingerprint density at radius 3 is 2.47 bits per heavy atom. The van der Waals surface area contributed by atoms with E-state index in [-0.39, 0.29) is 11.9 Å². The van der Waals surface area contributed by atoms with Crippen LogP contribution in [0.3, 0.4) is 0 Å². The van der Waals surface area contributed by atoms with Gasteiger partial charge in [-0.3, -0.25) is 5.41 Å². The Labute approximate surface area is 114 Å². The lowest BCUT2D eigenvalue weighted by molar-refractivity contribution is 0.165. The molecule has 0 saturated carbocycles. The SMILES string of the molecule is CCN(CC)C(=O)N(C)Cc1cccc(C(=N)N)c1. The van der Waals surface area contributed by atoms with E-state index in [0.29, 0.717) is 25.2 Å². The van der Waals surface area contributed by atoms with Crippen molar-refractivity contribution in [3.63, 3.8) is 0 Å². The predicted molar refractivity (Wildman–Crippen MR) is 77.2 cm³/mol. The molecule has 3 N–H and O–H groups in total. The van der Waals surface area contributed by atoms with Gasteiger partial charge < -0.3 is 15.5 Å². The maximum absolute atomic E-state index is 12.1. The molecule has 0 aliphatic heterocycles. The van der Waals surface area contributed by atoms with E-state index in [9.17, 15) is 4.79 Å². The number of hydrogen-bond acceptors (Lipinski definition) is 2. The molecule has 0 aliphatic carbocycles. The zero-order valence-corrected chi connectivity index (χ0v) is 11.8. The molecule has 19 heavy (non-hydrogen) atoms. The molecule has 5 nitrogen and oxygen atoms in total. The van der Waals surface area contributed by atoms with Crippen LogP contribution in [-0.4, -0.2) is 41.8 Å². The first-order chi connectivity index (χ1) is 8.99. The van der Waals surface area contributed by atoms with Gasteiger partial charge in [0.15, 0.2) is 0 Å². The van der Waals surface area contributed by atoms with Crippen molar-refractivity contribution in [3.05, 3.63) is 35.4 Å². The van der Waals surface area contributed by atoms with Gasteiger partial charge in [0, 0.05) is 32.2 Å². The van der Waals surface area contributed by atoms with Gasteiger partial charge in [0.05, 0.1) is 0 Å². The number of nitrogens with zero attached hydrogens (tertiary/aromatic N) is 2. The first kappa shape index (κ1) is 15.0. The van der Waals surface area contributed by atoms with Crippen LogP contribution in [-0.2, 0) is 6.54 Å². The molecule has 0 heterocycles. The maximum Gasteiger partial charge on any atom is 0.320 e. The quantitative estimate of drug-likeness (QED) is 0.628. The fraction of sp³-hybridized carbons (Fsp3) is 0.429. The van der Waals surface area contributed by atoms with Gasteiger partial charge in [-0.25, -0.2) is 4.79 Å². The number of nitrogens with two attached hydrogens (primary N) is 1. The molecule has 0 spiro atoms. The number of hydrogen-bond donors (Lipinski definition) is 2. The lowest BCUT2D eigenvalue weighted by Crippen LogP contribution is -2.40. The molecular formula is C14H22N4O. The Morgan fingerprint density at radius 2 is 1.95 bits per heavy atom. The smallest absolute Gasteiger partial charge is 0.320 e. The van der Waals surface area contributed by atoms with Crippen molar-refractivity contribution in [2.24, 2.45) is 5.73 Å². The summed E-state index contributed by atoms with van der Waals surface area (Å²) in [5.74, 6) is 0.0413. The van der Waals surface area contributed by atoms with Gasteiger partial charge in [0.2, 0.25) is 0 Å². The highest BCUT2D eigenvalue weighted by atomic mass is 16.2. The van der Waals surface area contributed by atoms with Crippen molar-refractivity contribution in [1.82, 2.24) is 9.80 Å². The number of benzene rings is 1. The van der Waals surface area contributed by atoms with Crippen LogP contribution in [0.2, 0.25) is 0 Å². The van der Waals surface area contributed by atoms with Crippen LogP contribution in [0.25, 0.3) is 0 Å². The average molecular weight is 262 g/mol. The normalized spacial score (nSPS) is 10.1. The van der Waals surface area contributed by atoms with E-state index in [1.807, 2.05) is 32.0 Å². The van der Waals surface area contributed by atoms with Crippen molar-refractivity contribution in [2.45, 2.75) is 20.4 Å². The average Bonchev–Trinajstić information content (AvgIpc) is 2.40. The second-order valence-electron chi connectivity index (χ2n) is 4.42. The molecule has 1 aromatic rings. The lowest BCUT2D eigenvalue weighted by atomic mass is 10.1. The lowest BCUT2D eigenvalue weighted by Gasteiger charge is -2.26. The molecule has 0 aromatic heterocycles. The Balaban J connectivity index is 2.76. The van der Waals surface area contributed by atoms with E-state index < -0.39 is 0 Å². The molecule has 0 atom stereocenters. The zero-order chi connectivity index (χ0) is 14.4. The van der Waals surface area contributed by atoms with Crippen LogP contribution in [0.4, 0.5) is 4.79 Å². The molecule has 1 aromatic carbocycles. The Hall–Kier alpha value is -2.04. The summed E-state index contributed by atoms with van der Waals surface area (Å²) in [5, 5.41) is 7.42. The van der Waals surface area contributed by atoms with Gasteiger partial charge in [-0.05, 0) is 25.5 Å². The van der Waals surface area contributed by atoms with Crippen LogP contribution >= 0.6 is 0 Å². The van der Waals surface area contributed by atoms with Gasteiger partial charge in [0.1, 0.15) is 5.84 Å². The second-order valence-corrected chi connectivity index (χ2v) is 4.42. The standard InChI is InChI=1S/C14H22N4O/c1-4-18(5-2)14(19)17(3)10-11-7-6-8-12(9-11)13(15)16/h6-9H,4-5,10H2,1-3H3,(H3,15,16). The largest absolute Gasteiger partial charge is 0.384 e. The third-order valence-electron chi connectivity index (χ3n) is 3.02. The number of urea groups is 1. The molecule has 2 amide bonds. The predicted octanol–water partition coefficient (Wildman–Crippen LogP) is 1.86.